The van der Waals surface area contributed by atoms with Crippen molar-refractivity contribution in [3.8, 4) is 5.75 Å². The van der Waals surface area contributed by atoms with Gasteiger partial charge in [0.2, 0.25) is 10.0 Å². The third-order valence-corrected chi connectivity index (χ3v) is 10.1. The minimum absolute atomic E-state index is 0.0168. The van der Waals surface area contributed by atoms with Crippen LogP contribution >= 0.6 is 0 Å². The van der Waals surface area contributed by atoms with Gasteiger partial charge in [0, 0.05) is 44.0 Å². The van der Waals surface area contributed by atoms with Crippen LogP contribution in [0, 0.1) is 11.7 Å². The molecular weight excluding hydrogens is 639 g/mol. The highest BCUT2D eigenvalue weighted by Crippen LogP contribution is 2.29. The van der Waals surface area contributed by atoms with E-state index in [9.17, 15) is 27.5 Å². The number of hydrogen-bond acceptors (Lipinski definition) is 7. The number of nitrogens with zero attached hydrogens (tertiary/aromatic N) is 2. The molecule has 260 valence electrons. The largest absolute Gasteiger partial charge is 0.490 e. The molecule has 0 radical (unpaired) electrons. The molecule has 3 aromatic carbocycles. The molecule has 4 rings (SSSR count). The Hall–Kier alpha value is -4.04. The number of aliphatic hydroxyl groups excluding tert-OH is 1. The summed E-state index contributed by atoms with van der Waals surface area (Å²) in [7, 11) is -2.52. The lowest BCUT2D eigenvalue weighted by molar-refractivity contribution is -0.00834. The normalized spacial score (nSPS) is 20.3. The van der Waals surface area contributed by atoms with Gasteiger partial charge in [-0.3, -0.25) is 4.79 Å². The van der Waals surface area contributed by atoms with Crippen molar-refractivity contribution >= 4 is 33.3 Å². The van der Waals surface area contributed by atoms with Gasteiger partial charge in [0.1, 0.15) is 11.6 Å². The molecule has 13 heteroatoms. The molecule has 0 unspecified atom stereocenters. The summed E-state index contributed by atoms with van der Waals surface area (Å²) < 4.78 is 53.9. The van der Waals surface area contributed by atoms with Gasteiger partial charge in [-0.1, -0.05) is 25.1 Å². The van der Waals surface area contributed by atoms with Crippen LogP contribution in [0.15, 0.2) is 77.7 Å². The number of nitrogens with one attached hydrogen (secondary N) is 2. The first-order chi connectivity index (χ1) is 22.9. The fourth-order valence-electron chi connectivity index (χ4n) is 5.42. The van der Waals surface area contributed by atoms with Crippen LogP contribution < -0.4 is 15.4 Å². The second-order valence-electron chi connectivity index (χ2n) is 12.2. The number of anilines is 2. The number of hydrogen-bond donors (Lipinski definition) is 3. The summed E-state index contributed by atoms with van der Waals surface area (Å²) in [6.45, 7) is 5.64. The van der Waals surface area contributed by atoms with E-state index in [-0.39, 0.29) is 42.2 Å². The Morgan fingerprint density at radius 3 is 2.42 bits per heavy atom. The van der Waals surface area contributed by atoms with E-state index in [0.717, 1.165) is 18.6 Å². The number of carbonyl (C=O) groups excluding carboxylic acids is 2. The predicted molar refractivity (Wildman–Crippen MR) is 182 cm³/mol. The number of halogens is 1. The number of urea groups is 1. The van der Waals surface area contributed by atoms with E-state index in [1.54, 1.807) is 49.4 Å². The first-order valence-electron chi connectivity index (χ1n) is 16.1. The molecule has 1 aliphatic heterocycles. The van der Waals surface area contributed by atoms with Gasteiger partial charge in [-0.25, -0.2) is 17.6 Å². The Labute approximate surface area is 282 Å². The monoisotopic (exact) mass is 684 g/mol. The van der Waals surface area contributed by atoms with Gasteiger partial charge in [-0.2, -0.15) is 4.31 Å². The smallest absolute Gasteiger partial charge is 0.323 e. The molecular formula is C35H45FN4O7S. The van der Waals surface area contributed by atoms with E-state index in [2.05, 4.69) is 10.6 Å². The van der Waals surface area contributed by atoms with Gasteiger partial charge in [0.15, 0.2) is 0 Å². The number of aliphatic hydroxyl groups is 1. The lowest BCUT2D eigenvalue weighted by Crippen LogP contribution is -2.48. The van der Waals surface area contributed by atoms with Crippen molar-refractivity contribution in [2.24, 2.45) is 5.92 Å². The van der Waals surface area contributed by atoms with Crippen molar-refractivity contribution in [2.45, 2.75) is 63.2 Å². The number of benzene rings is 3. The lowest BCUT2D eigenvalue weighted by Gasteiger charge is -2.35. The van der Waals surface area contributed by atoms with Crippen molar-refractivity contribution in [1.82, 2.24) is 9.21 Å². The van der Waals surface area contributed by atoms with Crippen LogP contribution in [-0.4, -0.2) is 86.3 Å². The van der Waals surface area contributed by atoms with E-state index in [1.165, 1.54) is 28.4 Å². The summed E-state index contributed by atoms with van der Waals surface area (Å²) in [6, 6.07) is 17.4. The number of fused-ring (bicyclic) bond motifs is 1. The van der Waals surface area contributed by atoms with Gasteiger partial charge in [0.25, 0.3) is 5.91 Å². The van der Waals surface area contributed by atoms with Crippen molar-refractivity contribution in [1.29, 1.82) is 0 Å². The maximum Gasteiger partial charge on any atom is 0.323 e. The number of sulfonamides is 1. The minimum Gasteiger partial charge on any atom is -0.490 e. The summed E-state index contributed by atoms with van der Waals surface area (Å²) in [5.41, 5.74) is 1.18. The van der Waals surface area contributed by atoms with E-state index >= 15 is 0 Å². The van der Waals surface area contributed by atoms with Crippen LogP contribution in [0.1, 0.15) is 50.4 Å². The standard InChI is InChI=1S/C35H45FN4O7S/c1-24-21-40(25(2)23-41)34(42)31-20-29(38-35(43)37-28-11-6-5-7-12-28)15-18-32(31)47-26(3)10-8-9-19-46-33(24)22-39(4)48(44,45)30-16-13-27(36)14-17-30/h5-7,11-18,20,24-26,33,41H,8-10,19,21-23H2,1-4H3,(H2,37,38,43)/t24-,25-,26+,33-/m0/s1. The van der Waals surface area contributed by atoms with Gasteiger partial charge in [-0.05, 0) is 87.7 Å². The summed E-state index contributed by atoms with van der Waals surface area (Å²) in [5.74, 6) is -1.000. The zero-order valence-corrected chi connectivity index (χ0v) is 28.6. The predicted octanol–water partition coefficient (Wildman–Crippen LogP) is 5.59. The SMILES string of the molecule is C[C@@H]1CCCCO[C@@H](CN(C)S(=O)(=O)c2ccc(F)cc2)[C@@H](C)CN([C@@H](C)CO)C(=O)c2cc(NC(=O)Nc3ccccc3)ccc2O1. The zero-order valence-electron chi connectivity index (χ0n) is 27.8. The Kier molecular flexibility index (Phi) is 12.9. The summed E-state index contributed by atoms with van der Waals surface area (Å²) in [5, 5.41) is 15.7. The number of para-hydroxylation sites is 1. The molecule has 0 saturated carbocycles. The lowest BCUT2D eigenvalue weighted by atomic mass is 10.0. The Morgan fingerprint density at radius 1 is 1.04 bits per heavy atom. The van der Waals surface area contributed by atoms with Crippen LogP contribution in [0.25, 0.3) is 0 Å². The highest BCUT2D eigenvalue weighted by atomic mass is 32.2. The fourth-order valence-corrected chi connectivity index (χ4v) is 6.60. The molecule has 0 aromatic heterocycles. The summed E-state index contributed by atoms with van der Waals surface area (Å²) in [6.07, 6.45) is 1.28. The number of likely N-dealkylation sites (N-methyl/N-ethyl adjacent to an activating group) is 1. The van der Waals surface area contributed by atoms with Crippen LogP contribution in [0.3, 0.4) is 0 Å². The quantitative estimate of drug-likeness (QED) is 0.282. The third-order valence-electron chi connectivity index (χ3n) is 8.30. The third kappa shape index (κ3) is 9.75. The fraction of sp³-hybridized carbons (Fsp3) is 0.429. The van der Waals surface area contributed by atoms with E-state index in [1.807, 2.05) is 19.9 Å². The molecule has 0 aliphatic carbocycles. The van der Waals surface area contributed by atoms with Crippen molar-refractivity contribution in [3.63, 3.8) is 0 Å². The van der Waals surface area contributed by atoms with Crippen molar-refractivity contribution in [3.05, 3.63) is 84.2 Å². The first kappa shape index (κ1) is 36.8. The topological polar surface area (TPSA) is 138 Å². The van der Waals surface area contributed by atoms with Gasteiger partial charge >= 0.3 is 6.03 Å². The van der Waals surface area contributed by atoms with Crippen LogP contribution in [0.2, 0.25) is 0 Å². The maximum atomic E-state index is 14.3. The molecule has 1 heterocycles. The number of rotatable bonds is 8. The van der Waals surface area contributed by atoms with Crippen LogP contribution in [-0.2, 0) is 14.8 Å². The maximum absolute atomic E-state index is 14.3. The number of carbonyl (C=O) groups is 2. The van der Waals surface area contributed by atoms with Gasteiger partial charge < -0.3 is 30.1 Å². The molecule has 0 saturated heterocycles. The molecule has 3 amide bonds. The summed E-state index contributed by atoms with van der Waals surface area (Å²) in [4.78, 5) is 28.6. The number of ether oxygens (including phenoxy) is 2. The number of amides is 3. The molecule has 11 nitrogen and oxygen atoms in total. The van der Waals surface area contributed by atoms with E-state index < -0.39 is 39.9 Å². The van der Waals surface area contributed by atoms with Crippen LogP contribution in [0.4, 0.5) is 20.6 Å². The molecule has 3 aromatic rings. The molecule has 1 aliphatic rings. The minimum atomic E-state index is -3.96. The first-order valence-corrected chi connectivity index (χ1v) is 17.5. The molecule has 3 N–H and O–H groups in total. The Morgan fingerprint density at radius 2 is 1.73 bits per heavy atom. The highest BCUT2D eigenvalue weighted by Gasteiger charge is 2.32. The van der Waals surface area contributed by atoms with Crippen molar-refractivity contribution in [2.75, 3.05) is 44.0 Å². The van der Waals surface area contributed by atoms with Gasteiger partial charge in [-0.15, -0.1) is 0 Å². The average Bonchev–Trinajstić information content (AvgIpc) is 3.06. The molecule has 0 bridgehead atoms. The Bertz CT molecular complexity index is 1630. The molecule has 4 atom stereocenters. The highest BCUT2D eigenvalue weighted by molar-refractivity contribution is 7.89. The van der Waals surface area contributed by atoms with E-state index in [4.69, 9.17) is 9.47 Å². The molecule has 0 fully saturated rings. The van der Waals surface area contributed by atoms with E-state index in [0.29, 0.717) is 36.6 Å². The van der Waals surface area contributed by atoms with Gasteiger partial charge in [0.05, 0.1) is 35.3 Å². The average molecular weight is 685 g/mol. The van der Waals surface area contributed by atoms with Crippen LogP contribution in [0.5, 0.6) is 5.75 Å². The zero-order chi connectivity index (χ0) is 34.8. The molecule has 48 heavy (non-hydrogen) atoms. The second kappa shape index (κ2) is 16.9. The van der Waals surface area contributed by atoms with Crippen molar-refractivity contribution < 1.29 is 37.0 Å². The summed E-state index contributed by atoms with van der Waals surface area (Å²) >= 11 is 0. The second-order valence-corrected chi connectivity index (χ2v) is 14.2. The molecule has 0 spiro atoms. The Balaban J connectivity index is 1.62.